The van der Waals surface area contributed by atoms with Crippen LogP contribution in [0.15, 0.2) is 54.6 Å². The van der Waals surface area contributed by atoms with Gasteiger partial charge in [0, 0.05) is 5.69 Å². The predicted octanol–water partition coefficient (Wildman–Crippen LogP) is 4.04. The molecule has 0 unspecified atom stereocenters. The van der Waals surface area contributed by atoms with Gasteiger partial charge in [-0.2, -0.15) is 0 Å². The minimum absolute atomic E-state index is 0.224. The Labute approximate surface area is 117 Å². The van der Waals surface area contributed by atoms with Gasteiger partial charge in [0.1, 0.15) is 16.9 Å². The largest absolute Gasteiger partial charge is 0.457 e. The quantitative estimate of drug-likeness (QED) is 0.855. The lowest BCUT2D eigenvalue weighted by atomic mass is 10.3. The Morgan fingerprint density at radius 3 is 2.21 bits per heavy atom. The molecule has 98 valence electrons. The summed E-state index contributed by atoms with van der Waals surface area (Å²) >= 11 is 5.68. The molecule has 0 aliphatic carbocycles. The molecule has 2 aromatic rings. The Morgan fingerprint density at radius 2 is 1.63 bits per heavy atom. The summed E-state index contributed by atoms with van der Waals surface area (Å²) in [6, 6.07) is 16.6. The number of rotatable bonds is 4. The Kier molecular flexibility index (Phi) is 4.42. The smallest absolute Gasteiger partial charge is 0.242 e. The van der Waals surface area contributed by atoms with Gasteiger partial charge in [0.2, 0.25) is 5.91 Å². The van der Waals surface area contributed by atoms with Gasteiger partial charge in [-0.3, -0.25) is 4.79 Å². The standard InChI is InChI=1S/C15H14ClNO2/c1-11(16)15(18)17-12-7-9-14(10-8-12)19-13-5-3-2-4-6-13/h2-11H,1H3,(H,17,18)/t11-/m0/s1. The zero-order chi connectivity index (χ0) is 13.7. The van der Waals surface area contributed by atoms with Crippen LogP contribution < -0.4 is 10.1 Å². The van der Waals surface area contributed by atoms with Crippen LogP contribution in [0.3, 0.4) is 0 Å². The molecular formula is C15H14ClNO2. The molecule has 1 N–H and O–H groups in total. The van der Waals surface area contributed by atoms with Gasteiger partial charge in [0.15, 0.2) is 0 Å². The van der Waals surface area contributed by atoms with Crippen molar-refractivity contribution in [3.63, 3.8) is 0 Å². The highest BCUT2D eigenvalue weighted by molar-refractivity contribution is 6.32. The number of ether oxygens (including phenoxy) is 1. The summed E-state index contributed by atoms with van der Waals surface area (Å²) in [7, 11) is 0. The number of alkyl halides is 1. The summed E-state index contributed by atoms with van der Waals surface area (Å²) in [4.78, 5) is 11.4. The number of halogens is 1. The summed E-state index contributed by atoms with van der Waals surface area (Å²) < 4.78 is 5.65. The highest BCUT2D eigenvalue weighted by atomic mass is 35.5. The molecule has 4 heteroatoms. The Hall–Kier alpha value is -2.00. The van der Waals surface area contributed by atoms with Crippen molar-refractivity contribution in [3.8, 4) is 11.5 Å². The summed E-state index contributed by atoms with van der Waals surface area (Å²) in [5.41, 5.74) is 0.693. The fourth-order valence-corrected chi connectivity index (χ4v) is 1.53. The summed E-state index contributed by atoms with van der Waals surface area (Å²) in [6.07, 6.45) is 0. The maximum absolute atomic E-state index is 11.4. The molecule has 0 fully saturated rings. The van der Waals surface area contributed by atoms with Crippen LogP contribution in [-0.4, -0.2) is 11.3 Å². The van der Waals surface area contributed by atoms with Crippen LogP contribution in [0.1, 0.15) is 6.92 Å². The third kappa shape index (κ3) is 4.00. The Bertz CT molecular complexity index is 538. The number of amides is 1. The number of anilines is 1. The molecule has 0 radical (unpaired) electrons. The third-order valence-electron chi connectivity index (χ3n) is 2.46. The number of benzene rings is 2. The van der Waals surface area contributed by atoms with Crippen molar-refractivity contribution in [1.82, 2.24) is 0 Å². The topological polar surface area (TPSA) is 38.3 Å². The summed E-state index contributed by atoms with van der Waals surface area (Å²) in [5.74, 6) is 1.26. The Balaban J connectivity index is 2.01. The number of nitrogens with one attached hydrogen (secondary N) is 1. The van der Waals surface area contributed by atoms with Crippen molar-refractivity contribution >= 4 is 23.2 Å². The van der Waals surface area contributed by atoms with Crippen LogP contribution in [0, 0.1) is 0 Å². The lowest BCUT2D eigenvalue weighted by Crippen LogP contribution is -2.20. The molecule has 2 rings (SSSR count). The van der Waals surface area contributed by atoms with Crippen molar-refractivity contribution in [2.24, 2.45) is 0 Å². The van der Waals surface area contributed by atoms with Gasteiger partial charge in [-0.1, -0.05) is 18.2 Å². The molecule has 1 amide bonds. The minimum atomic E-state index is -0.555. The van der Waals surface area contributed by atoms with Gasteiger partial charge in [-0.25, -0.2) is 0 Å². The molecule has 0 saturated carbocycles. The lowest BCUT2D eigenvalue weighted by Gasteiger charge is -2.08. The zero-order valence-corrected chi connectivity index (χ0v) is 11.2. The highest BCUT2D eigenvalue weighted by Gasteiger charge is 2.08. The molecule has 2 aromatic carbocycles. The third-order valence-corrected chi connectivity index (χ3v) is 2.66. The first-order valence-corrected chi connectivity index (χ1v) is 6.37. The van der Waals surface area contributed by atoms with Crippen LogP contribution in [0.5, 0.6) is 11.5 Å². The highest BCUT2D eigenvalue weighted by Crippen LogP contribution is 2.22. The van der Waals surface area contributed by atoms with Gasteiger partial charge in [-0.15, -0.1) is 11.6 Å². The summed E-state index contributed by atoms with van der Waals surface area (Å²) in [5, 5.41) is 2.15. The van der Waals surface area contributed by atoms with E-state index in [1.807, 2.05) is 30.3 Å². The number of carbonyl (C=O) groups is 1. The number of hydrogen-bond acceptors (Lipinski definition) is 2. The molecule has 19 heavy (non-hydrogen) atoms. The van der Waals surface area contributed by atoms with E-state index in [1.54, 1.807) is 31.2 Å². The second-order valence-corrected chi connectivity index (χ2v) is 4.70. The Morgan fingerprint density at radius 1 is 1.05 bits per heavy atom. The first-order valence-electron chi connectivity index (χ1n) is 5.93. The van der Waals surface area contributed by atoms with E-state index in [2.05, 4.69) is 5.32 Å². The van der Waals surface area contributed by atoms with Crippen molar-refractivity contribution in [3.05, 3.63) is 54.6 Å². The average Bonchev–Trinajstić information content (AvgIpc) is 2.42. The fraction of sp³-hybridized carbons (Fsp3) is 0.133. The second-order valence-electron chi connectivity index (χ2n) is 4.04. The normalized spacial score (nSPS) is 11.7. The van der Waals surface area contributed by atoms with Crippen LogP contribution >= 0.6 is 11.6 Å². The summed E-state index contributed by atoms with van der Waals surface area (Å²) in [6.45, 7) is 1.63. The van der Waals surface area contributed by atoms with E-state index in [0.717, 1.165) is 5.75 Å². The molecule has 0 spiro atoms. The number of carbonyl (C=O) groups excluding carboxylic acids is 1. The molecule has 0 saturated heterocycles. The van der Waals surface area contributed by atoms with Gasteiger partial charge in [-0.05, 0) is 43.3 Å². The van der Waals surface area contributed by atoms with Gasteiger partial charge >= 0.3 is 0 Å². The van der Waals surface area contributed by atoms with Gasteiger partial charge in [0.25, 0.3) is 0 Å². The van der Waals surface area contributed by atoms with E-state index in [-0.39, 0.29) is 5.91 Å². The maximum Gasteiger partial charge on any atom is 0.242 e. The molecule has 0 bridgehead atoms. The SMILES string of the molecule is C[C@H](Cl)C(=O)Nc1ccc(Oc2ccccc2)cc1. The maximum atomic E-state index is 11.4. The molecule has 1 atom stereocenters. The zero-order valence-electron chi connectivity index (χ0n) is 10.5. The van der Waals surface area contributed by atoms with Crippen molar-refractivity contribution in [2.45, 2.75) is 12.3 Å². The predicted molar refractivity (Wildman–Crippen MR) is 76.9 cm³/mol. The van der Waals surface area contributed by atoms with Crippen molar-refractivity contribution < 1.29 is 9.53 Å². The average molecular weight is 276 g/mol. The van der Waals surface area contributed by atoms with Crippen LogP contribution in [0.25, 0.3) is 0 Å². The van der Waals surface area contributed by atoms with Crippen molar-refractivity contribution in [1.29, 1.82) is 0 Å². The van der Waals surface area contributed by atoms with Crippen LogP contribution in [0.2, 0.25) is 0 Å². The molecule has 0 heterocycles. The van der Waals surface area contributed by atoms with Gasteiger partial charge < -0.3 is 10.1 Å². The number of para-hydroxylation sites is 1. The fourth-order valence-electron chi connectivity index (χ4n) is 1.47. The van der Waals surface area contributed by atoms with E-state index >= 15 is 0 Å². The molecular weight excluding hydrogens is 262 g/mol. The monoisotopic (exact) mass is 275 g/mol. The van der Waals surface area contributed by atoms with Crippen LogP contribution in [0.4, 0.5) is 5.69 Å². The molecule has 0 aliphatic rings. The number of hydrogen-bond donors (Lipinski definition) is 1. The van der Waals surface area contributed by atoms with E-state index in [4.69, 9.17) is 16.3 Å². The van der Waals surface area contributed by atoms with Crippen LogP contribution in [-0.2, 0) is 4.79 Å². The molecule has 0 aromatic heterocycles. The van der Waals surface area contributed by atoms with Crippen molar-refractivity contribution in [2.75, 3.05) is 5.32 Å². The first-order chi connectivity index (χ1) is 9.15. The molecule has 3 nitrogen and oxygen atoms in total. The lowest BCUT2D eigenvalue weighted by molar-refractivity contribution is -0.115. The van der Waals surface area contributed by atoms with E-state index in [0.29, 0.717) is 11.4 Å². The van der Waals surface area contributed by atoms with E-state index < -0.39 is 5.38 Å². The van der Waals surface area contributed by atoms with E-state index in [9.17, 15) is 4.79 Å². The van der Waals surface area contributed by atoms with E-state index in [1.165, 1.54) is 0 Å². The first kappa shape index (κ1) is 13.4. The van der Waals surface area contributed by atoms with Gasteiger partial charge in [0.05, 0.1) is 0 Å². The minimum Gasteiger partial charge on any atom is -0.457 e. The second kappa shape index (κ2) is 6.25. The molecule has 0 aliphatic heterocycles.